The third kappa shape index (κ3) is 11.6. The normalized spacial score (nSPS) is 11.6. The second kappa shape index (κ2) is 19.7. The third-order valence-corrected chi connectivity index (χ3v) is 9.31. The molecule has 3 amide bonds. The topological polar surface area (TPSA) is 201 Å². The van der Waals surface area contributed by atoms with E-state index in [1.807, 2.05) is 57.2 Å². The smallest absolute Gasteiger partial charge is 0.323 e. The molecule has 4 aromatic carbocycles. The maximum Gasteiger partial charge on any atom is 0.323 e. The molecule has 5 aromatic rings. The van der Waals surface area contributed by atoms with E-state index in [-0.39, 0.29) is 17.7 Å². The van der Waals surface area contributed by atoms with Crippen molar-refractivity contribution in [3.63, 3.8) is 0 Å². The van der Waals surface area contributed by atoms with E-state index in [1.54, 1.807) is 48.7 Å². The highest BCUT2D eigenvalue weighted by atomic mass is 32.2. The van der Waals surface area contributed by atoms with Gasteiger partial charge in [-0.05, 0) is 66.4 Å². The number of carboxylic acids is 1. The molecule has 5 rings (SSSR count). The van der Waals surface area contributed by atoms with E-state index in [0.29, 0.717) is 83.2 Å². The summed E-state index contributed by atoms with van der Waals surface area (Å²) in [4.78, 5) is 41.4. The summed E-state index contributed by atoms with van der Waals surface area (Å²) in [6.45, 7) is 7.50. The summed E-state index contributed by atoms with van der Waals surface area (Å²) in [5.74, 6) is 1.12. The Morgan fingerprint density at radius 2 is 1.55 bits per heavy atom. The van der Waals surface area contributed by atoms with E-state index in [0.717, 1.165) is 16.3 Å². The first-order valence-corrected chi connectivity index (χ1v) is 20.0. The van der Waals surface area contributed by atoms with Gasteiger partial charge in [0.05, 0.1) is 43.3 Å². The lowest BCUT2D eigenvalue weighted by molar-refractivity contribution is -0.136. The van der Waals surface area contributed by atoms with Crippen molar-refractivity contribution in [3.8, 4) is 23.0 Å². The summed E-state index contributed by atoms with van der Waals surface area (Å²) in [6.07, 6.45) is 3.81. The molecule has 1 atom stereocenters. The Bertz CT molecular complexity index is 2300. The second-order valence-electron chi connectivity index (χ2n) is 14.2. The van der Waals surface area contributed by atoms with Crippen molar-refractivity contribution in [2.75, 3.05) is 60.8 Å². The van der Waals surface area contributed by atoms with Gasteiger partial charge in [0.15, 0.2) is 5.75 Å². The molecular formula is C42H49N7O8S. The highest BCUT2D eigenvalue weighted by Crippen LogP contribution is 2.40. The van der Waals surface area contributed by atoms with Crippen molar-refractivity contribution in [1.82, 2.24) is 15.6 Å². The van der Waals surface area contributed by atoms with Crippen LogP contribution in [0.1, 0.15) is 49.5 Å². The van der Waals surface area contributed by atoms with Crippen molar-refractivity contribution >= 4 is 68.2 Å². The molecule has 1 heterocycles. The number of hydrogen-bond donors (Lipinski definition) is 7. The monoisotopic (exact) mass is 811 g/mol. The average Bonchev–Trinajstić information content (AvgIpc) is 3.17. The molecular weight excluding hydrogens is 763 g/mol. The molecule has 58 heavy (non-hydrogen) atoms. The molecule has 0 bridgehead atoms. The van der Waals surface area contributed by atoms with Crippen LogP contribution in [0.2, 0.25) is 0 Å². The van der Waals surface area contributed by atoms with Crippen LogP contribution in [-0.4, -0.2) is 72.3 Å². The first-order valence-electron chi connectivity index (χ1n) is 18.5. The minimum Gasteiger partial charge on any atom is -0.496 e. The van der Waals surface area contributed by atoms with Gasteiger partial charge in [0.1, 0.15) is 34.1 Å². The van der Waals surface area contributed by atoms with Crippen LogP contribution in [0.25, 0.3) is 10.8 Å². The maximum absolute atomic E-state index is 13.5. The van der Waals surface area contributed by atoms with Gasteiger partial charge >= 0.3 is 12.0 Å². The molecule has 15 nitrogen and oxygen atoms in total. The van der Waals surface area contributed by atoms with E-state index in [1.165, 1.54) is 20.5 Å². The zero-order valence-electron chi connectivity index (χ0n) is 33.3. The highest BCUT2D eigenvalue weighted by Gasteiger charge is 2.22. The Balaban J connectivity index is 1.27. The predicted molar refractivity (Wildman–Crippen MR) is 229 cm³/mol. The van der Waals surface area contributed by atoms with Crippen molar-refractivity contribution in [2.45, 2.75) is 39.0 Å². The second-order valence-corrected chi connectivity index (χ2v) is 15.3. The number of carbonyl (C=O) groups excluding carboxylic acids is 2. The van der Waals surface area contributed by atoms with Crippen LogP contribution in [0, 0.1) is 0 Å². The first-order chi connectivity index (χ1) is 27.7. The molecule has 1 aromatic heterocycles. The fraction of sp³-hybridized carbons (Fsp3) is 0.286. The third-order valence-electron chi connectivity index (χ3n) is 8.80. The van der Waals surface area contributed by atoms with Gasteiger partial charge in [-0.2, -0.15) is 0 Å². The number of benzene rings is 4. The molecule has 0 aliphatic rings. The van der Waals surface area contributed by atoms with Gasteiger partial charge in [0.2, 0.25) is 0 Å². The molecule has 7 N–H and O–H groups in total. The molecule has 306 valence electrons. The number of carboxylic acid groups (broad SMARTS) is 1. The number of urea groups is 1. The molecule has 0 saturated heterocycles. The fourth-order valence-electron chi connectivity index (χ4n) is 5.96. The van der Waals surface area contributed by atoms with Crippen molar-refractivity contribution in [3.05, 3.63) is 96.2 Å². The standard InChI is InChI=1S/C42H49N7O8S/c1-42(2,3)26-22-33(39(56-5)34(23-26)49-58(6)54)48-41(53)47-32-14-15-35(30-11-8-7-10-29(30)32)57-28-16-21-44-37(25-28)46-27-12-13-31(36(24-27)55-4)40(52)45-19-9-18-43-20-17-38(50)51/h7-8,10-16,21-25,43,49H,9,17-20H2,1-6H3,(H,44,46)(H,45,52)(H,50,51)(H2,47,48,53). The van der Waals surface area contributed by atoms with Crippen molar-refractivity contribution < 1.29 is 37.9 Å². The molecule has 0 radical (unpaired) electrons. The number of hydrogen-bond acceptors (Lipinski definition) is 10. The number of carbonyl (C=O) groups is 3. The number of nitrogens with one attached hydrogen (secondary N) is 6. The van der Waals surface area contributed by atoms with Gasteiger partial charge in [0.25, 0.3) is 5.91 Å². The maximum atomic E-state index is 13.5. The molecule has 0 spiro atoms. The molecule has 1 unspecified atom stereocenters. The SMILES string of the molecule is COc1cc(Nc2cc(Oc3ccc(NC(=O)Nc4cc(C(C)(C)C)cc(NS(C)=O)c4OC)c4ccccc34)ccn2)ccc1C(=O)NCCCNCCC(=O)O. The summed E-state index contributed by atoms with van der Waals surface area (Å²) < 4.78 is 32.5. The summed E-state index contributed by atoms with van der Waals surface area (Å²) in [5, 5.41) is 25.2. The van der Waals surface area contributed by atoms with E-state index < -0.39 is 23.0 Å². The lowest BCUT2D eigenvalue weighted by Gasteiger charge is -2.24. The number of fused-ring (bicyclic) bond motifs is 1. The predicted octanol–water partition coefficient (Wildman–Crippen LogP) is 7.62. The zero-order chi connectivity index (χ0) is 41.8. The molecule has 0 saturated carbocycles. The summed E-state index contributed by atoms with van der Waals surface area (Å²) in [6, 6.07) is 22.9. The Labute approximate surface area is 339 Å². The number of pyridine rings is 1. The van der Waals surface area contributed by atoms with Crippen LogP contribution in [0.3, 0.4) is 0 Å². The largest absolute Gasteiger partial charge is 0.496 e. The number of aromatic nitrogens is 1. The van der Waals surface area contributed by atoms with Crippen LogP contribution in [0.4, 0.5) is 33.4 Å². The van der Waals surface area contributed by atoms with Gasteiger partial charge < -0.3 is 50.6 Å². The Morgan fingerprint density at radius 3 is 2.26 bits per heavy atom. The van der Waals surface area contributed by atoms with Crippen LogP contribution in [-0.2, 0) is 21.2 Å². The lowest BCUT2D eigenvalue weighted by atomic mass is 9.86. The number of methoxy groups -OCH3 is 2. The van der Waals surface area contributed by atoms with Crippen molar-refractivity contribution in [1.29, 1.82) is 0 Å². The number of ether oxygens (including phenoxy) is 3. The van der Waals surface area contributed by atoms with Crippen molar-refractivity contribution in [2.24, 2.45) is 0 Å². The molecule has 16 heteroatoms. The number of amides is 3. The van der Waals surface area contributed by atoms with Crippen LogP contribution >= 0.6 is 0 Å². The summed E-state index contributed by atoms with van der Waals surface area (Å²) >= 11 is 0. The van der Waals surface area contributed by atoms with E-state index >= 15 is 0 Å². The molecule has 0 fully saturated rings. The highest BCUT2D eigenvalue weighted by molar-refractivity contribution is 7.85. The summed E-state index contributed by atoms with van der Waals surface area (Å²) in [7, 11) is 1.61. The van der Waals surface area contributed by atoms with Gasteiger partial charge in [-0.3, -0.25) is 9.59 Å². The lowest BCUT2D eigenvalue weighted by Crippen LogP contribution is -2.28. The zero-order valence-corrected chi connectivity index (χ0v) is 34.1. The van der Waals surface area contributed by atoms with Crippen LogP contribution in [0.5, 0.6) is 23.0 Å². The quantitative estimate of drug-likeness (QED) is 0.0429. The van der Waals surface area contributed by atoms with Crippen LogP contribution in [0.15, 0.2) is 85.1 Å². The fourth-order valence-corrected chi connectivity index (χ4v) is 6.42. The first kappa shape index (κ1) is 42.7. The van der Waals surface area contributed by atoms with Crippen LogP contribution < -0.4 is 45.5 Å². The van der Waals surface area contributed by atoms with E-state index in [4.69, 9.17) is 19.3 Å². The van der Waals surface area contributed by atoms with E-state index in [9.17, 15) is 18.6 Å². The Hall–Kier alpha value is -6.39. The molecule has 0 aliphatic carbocycles. The minimum atomic E-state index is -1.37. The molecule has 0 aliphatic heterocycles. The van der Waals surface area contributed by atoms with Gasteiger partial charge in [-0.15, -0.1) is 0 Å². The van der Waals surface area contributed by atoms with Gasteiger partial charge in [0, 0.05) is 54.1 Å². The van der Waals surface area contributed by atoms with Gasteiger partial charge in [-0.25, -0.2) is 14.0 Å². The summed E-state index contributed by atoms with van der Waals surface area (Å²) in [5.41, 5.74) is 3.10. The average molecular weight is 812 g/mol. The number of nitrogens with zero attached hydrogens (tertiary/aromatic N) is 1. The Kier molecular flexibility index (Phi) is 14.5. The number of anilines is 5. The minimum absolute atomic E-state index is 0.0427. The number of rotatable bonds is 18. The Morgan fingerprint density at radius 1 is 0.810 bits per heavy atom. The van der Waals surface area contributed by atoms with Gasteiger partial charge in [-0.1, -0.05) is 45.0 Å². The number of aliphatic carboxylic acids is 1. The van der Waals surface area contributed by atoms with E-state index in [2.05, 4.69) is 36.3 Å².